The van der Waals surface area contributed by atoms with Gasteiger partial charge in [-0.05, 0) is 11.6 Å². The maximum Gasteiger partial charge on any atom is 0.242 e. The highest BCUT2D eigenvalue weighted by atomic mass is 35.5. The number of amides is 2. The van der Waals surface area contributed by atoms with E-state index in [0.29, 0.717) is 24.5 Å². The molecule has 0 unspecified atom stereocenters. The monoisotopic (exact) mass is 253 g/mol. The molecule has 17 heavy (non-hydrogen) atoms. The number of nitrogens with zero attached hydrogens (tertiary/aromatic N) is 2. The maximum absolute atomic E-state index is 11.7. The first-order chi connectivity index (χ1) is 8.16. The van der Waals surface area contributed by atoms with Gasteiger partial charge in [0, 0.05) is 31.9 Å². The van der Waals surface area contributed by atoms with E-state index >= 15 is 0 Å². The molecule has 0 saturated carbocycles. The average Bonchev–Trinajstić information content (AvgIpc) is 2.47. The number of carbonyl (C=O) groups is 2. The van der Waals surface area contributed by atoms with E-state index in [0.717, 1.165) is 5.56 Å². The fourth-order valence-corrected chi connectivity index (χ4v) is 1.82. The Morgan fingerprint density at radius 2 is 2.29 bits per heavy atom. The molecule has 1 aliphatic heterocycles. The van der Waals surface area contributed by atoms with Gasteiger partial charge in [0.25, 0.3) is 0 Å². The van der Waals surface area contributed by atoms with Gasteiger partial charge in [0.05, 0.1) is 11.6 Å². The Morgan fingerprint density at radius 1 is 1.47 bits per heavy atom. The maximum atomic E-state index is 11.7. The van der Waals surface area contributed by atoms with Crippen LogP contribution in [-0.4, -0.2) is 34.8 Å². The minimum atomic E-state index is -0.0957. The first kappa shape index (κ1) is 11.9. The van der Waals surface area contributed by atoms with Crippen LogP contribution >= 0.6 is 11.6 Å². The van der Waals surface area contributed by atoms with E-state index in [4.69, 9.17) is 11.6 Å². The average molecular weight is 254 g/mol. The van der Waals surface area contributed by atoms with Crippen molar-refractivity contribution in [3.63, 3.8) is 0 Å². The molecule has 1 aliphatic rings. The molecule has 0 radical (unpaired) electrons. The van der Waals surface area contributed by atoms with E-state index in [1.165, 1.54) is 0 Å². The van der Waals surface area contributed by atoms with Gasteiger partial charge in [-0.3, -0.25) is 14.6 Å². The molecule has 1 aromatic heterocycles. The molecule has 0 bridgehead atoms. The van der Waals surface area contributed by atoms with Gasteiger partial charge in [0.2, 0.25) is 11.8 Å². The molecule has 1 N–H and O–H groups in total. The van der Waals surface area contributed by atoms with Crippen LogP contribution in [0.15, 0.2) is 18.5 Å². The van der Waals surface area contributed by atoms with Crippen molar-refractivity contribution in [1.82, 2.24) is 15.2 Å². The van der Waals surface area contributed by atoms with Crippen molar-refractivity contribution in [2.24, 2.45) is 0 Å². The standard InChI is InChI=1S/C11H12ClN3O2/c12-9-5-13-3-1-8(9)7-15-4-2-10(16)14-6-11(15)17/h1,3,5H,2,4,6-7H2,(H,14,16). The molecule has 2 rings (SSSR count). The minimum absolute atomic E-state index is 0.0571. The SMILES string of the molecule is O=C1CCN(Cc2ccncc2Cl)C(=O)CN1. The highest BCUT2D eigenvalue weighted by molar-refractivity contribution is 6.31. The fourth-order valence-electron chi connectivity index (χ4n) is 1.64. The summed E-state index contributed by atoms with van der Waals surface area (Å²) in [4.78, 5) is 28.4. The lowest BCUT2D eigenvalue weighted by atomic mass is 10.2. The van der Waals surface area contributed by atoms with Crippen molar-refractivity contribution in [2.45, 2.75) is 13.0 Å². The van der Waals surface area contributed by atoms with Crippen LogP contribution in [0, 0.1) is 0 Å². The summed E-state index contributed by atoms with van der Waals surface area (Å²) in [7, 11) is 0. The summed E-state index contributed by atoms with van der Waals surface area (Å²) in [5.41, 5.74) is 0.837. The van der Waals surface area contributed by atoms with E-state index in [2.05, 4.69) is 10.3 Å². The first-order valence-corrected chi connectivity index (χ1v) is 5.67. The molecule has 6 heteroatoms. The normalized spacial score (nSPS) is 16.6. The number of hydrogen-bond donors (Lipinski definition) is 1. The largest absolute Gasteiger partial charge is 0.347 e. The van der Waals surface area contributed by atoms with Crippen LogP contribution in [0.25, 0.3) is 0 Å². The number of hydrogen-bond acceptors (Lipinski definition) is 3. The summed E-state index contributed by atoms with van der Waals surface area (Å²) >= 11 is 5.98. The molecule has 0 atom stereocenters. The van der Waals surface area contributed by atoms with E-state index in [1.807, 2.05) is 0 Å². The lowest BCUT2D eigenvalue weighted by molar-refractivity contribution is -0.130. The predicted octanol–water partition coefficient (Wildman–Crippen LogP) is 0.584. The van der Waals surface area contributed by atoms with Crippen LogP contribution in [-0.2, 0) is 16.1 Å². The van der Waals surface area contributed by atoms with E-state index in [1.54, 1.807) is 23.4 Å². The van der Waals surface area contributed by atoms with Crippen molar-refractivity contribution in [3.8, 4) is 0 Å². The Balaban J connectivity index is 2.10. The molecule has 0 spiro atoms. The van der Waals surface area contributed by atoms with Gasteiger partial charge in [-0.1, -0.05) is 11.6 Å². The van der Waals surface area contributed by atoms with E-state index < -0.39 is 0 Å². The molecule has 1 fully saturated rings. The molecular weight excluding hydrogens is 242 g/mol. The summed E-state index contributed by atoms with van der Waals surface area (Å²) < 4.78 is 0. The second-order valence-corrected chi connectivity index (χ2v) is 4.22. The fraction of sp³-hybridized carbons (Fsp3) is 0.364. The summed E-state index contributed by atoms with van der Waals surface area (Å²) in [6, 6.07) is 1.77. The molecule has 0 aliphatic carbocycles. The first-order valence-electron chi connectivity index (χ1n) is 5.29. The predicted molar refractivity (Wildman–Crippen MR) is 62.3 cm³/mol. The lowest BCUT2D eigenvalue weighted by Gasteiger charge is -2.20. The third-order valence-electron chi connectivity index (χ3n) is 2.62. The zero-order valence-corrected chi connectivity index (χ0v) is 9.91. The van der Waals surface area contributed by atoms with Crippen LogP contribution in [0.5, 0.6) is 0 Å². The highest BCUT2D eigenvalue weighted by Gasteiger charge is 2.20. The van der Waals surface area contributed by atoms with Gasteiger partial charge in [0.1, 0.15) is 0 Å². The van der Waals surface area contributed by atoms with Crippen LogP contribution in [0.3, 0.4) is 0 Å². The van der Waals surface area contributed by atoms with Crippen LogP contribution in [0.4, 0.5) is 0 Å². The van der Waals surface area contributed by atoms with Gasteiger partial charge < -0.3 is 10.2 Å². The van der Waals surface area contributed by atoms with E-state index in [-0.39, 0.29) is 18.4 Å². The smallest absolute Gasteiger partial charge is 0.242 e. The molecule has 0 aromatic carbocycles. The Bertz CT molecular complexity index is 450. The topological polar surface area (TPSA) is 62.3 Å². The Labute approximate surface area is 104 Å². The van der Waals surface area contributed by atoms with Crippen molar-refractivity contribution in [3.05, 3.63) is 29.0 Å². The van der Waals surface area contributed by atoms with Crippen LogP contribution in [0.2, 0.25) is 5.02 Å². The van der Waals surface area contributed by atoms with Crippen molar-refractivity contribution in [2.75, 3.05) is 13.1 Å². The highest BCUT2D eigenvalue weighted by Crippen LogP contribution is 2.16. The Morgan fingerprint density at radius 3 is 3.06 bits per heavy atom. The van der Waals surface area contributed by atoms with Crippen LogP contribution in [0.1, 0.15) is 12.0 Å². The van der Waals surface area contributed by atoms with Gasteiger partial charge in [-0.25, -0.2) is 0 Å². The Kier molecular flexibility index (Phi) is 3.58. The molecule has 1 aromatic rings. The number of rotatable bonds is 2. The third kappa shape index (κ3) is 2.94. The molecule has 90 valence electrons. The van der Waals surface area contributed by atoms with Gasteiger partial charge in [-0.2, -0.15) is 0 Å². The van der Waals surface area contributed by atoms with Crippen molar-refractivity contribution >= 4 is 23.4 Å². The zero-order valence-electron chi connectivity index (χ0n) is 9.15. The second-order valence-electron chi connectivity index (χ2n) is 3.81. The van der Waals surface area contributed by atoms with Gasteiger partial charge >= 0.3 is 0 Å². The second kappa shape index (κ2) is 5.14. The number of pyridine rings is 1. The van der Waals surface area contributed by atoms with Gasteiger partial charge in [0.15, 0.2) is 0 Å². The summed E-state index contributed by atoms with van der Waals surface area (Å²) in [6.07, 6.45) is 3.50. The quantitative estimate of drug-likeness (QED) is 0.839. The van der Waals surface area contributed by atoms with Crippen molar-refractivity contribution < 1.29 is 9.59 Å². The number of halogens is 1. The minimum Gasteiger partial charge on any atom is -0.347 e. The Hall–Kier alpha value is -1.62. The molecule has 2 heterocycles. The molecular formula is C11H12ClN3O2. The number of nitrogens with one attached hydrogen (secondary N) is 1. The number of aromatic nitrogens is 1. The molecule has 2 amide bonds. The van der Waals surface area contributed by atoms with Crippen LogP contribution < -0.4 is 5.32 Å². The summed E-state index contributed by atoms with van der Waals surface area (Å²) in [5.74, 6) is -0.189. The summed E-state index contributed by atoms with van der Waals surface area (Å²) in [5, 5.41) is 3.08. The lowest BCUT2D eigenvalue weighted by Crippen LogP contribution is -2.34. The number of carbonyl (C=O) groups excluding carboxylic acids is 2. The molecule has 1 saturated heterocycles. The third-order valence-corrected chi connectivity index (χ3v) is 2.96. The van der Waals surface area contributed by atoms with Crippen molar-refractivity contribution in [1.29, 1.82) is 0 Å². The summed E-state index contributed by atoms with van der Waals surface area (Å²) in [6.45, 7) is 0.889. The van der Waals surface area contributed by atoms with Gasteiger partial charge in [-0.15, -0.1) is 0 Å². The molecule has 5 nitrogen and oxygen atoms in total. The van der Waals surface area contributed by atoms with E-state index in [9.17, 15) is 9.59 Å². The zero-order chi connectivity index (χ0) is 12.3.